The van der Waals surface area contributed by atoms with E-state index in [1.165, 1.54) is 25.3 Å². The van der Waals surface area contributed by atoms with Gasteiger partial charge in [-0.25, -0.2) is 14.8 Å². The van der Waals surface area contributed by atoms with Gasteiger partial charge < -0.3 is 20.3 Å². The summed E-state index contributed by atoms with van der Waals surface area (Å²) >= 11 is 0. The third-order valence-corrected chi connectivity index (χ3v) is 8.93. The third-order valence-electron chi connectivity index (χ3n) is 8.93. The Labute approximate surface area is 250 Å². The lowest BCUT2D eigenvalue weighted by Crippen LogP contribution is -2.61. The van der Waals surface area contributed by atoms with Gasteiger partial charge in [0.2, 0.25) is 5.91 Å². The summed E-state index contributed by atoms with van der Waals surface area (Å²) in [5.41, 5.74) is 4.22. The number of amides is 2. The van der Waals surface area contributed by atoms with Crippen LogP contribution in [0.3, 0.4) is 0 Å². The number of carbonyl (C=O) groups excluding carboxylic acids is 2. The van der Waals surface area contributed by atoms with Crippen molar-refractivity contribution < 1.29 is 19.5 Å². The van der Waals surface area contributed by atoms with E-state index in [0.29, 0.717) is 35.8 Å². The Morgan fingerprint density at radius 2 is 1.70 bits per heavy atom. The van der Waals surface area contributed by atoms with Gasteiger partial charge in [-0.1, -0.05) is 31.0 Å². The smallest absolute Gasteiger partial charge is 0.331 e. The van der Waals surface area contributed by atoms with E-state index < -0.39 is 11.5 Å². The molecular formula is C34H35N5O4. The van der Waals surface area contributed by atoms with E-state index in [1.54, 1.807) is 42.7 Å². The zero-order valence-electron chi connectivity index (χ0n) is 24.4. The maximum Gasteiger partial charge on any atom is 0.331 e. The summed E-state index contributed by atoms with van der Waals surface area (Å²) in [6.45, 7) is 1.53. The van der Waals surface area contributed by atoms with Gasteiger partial charge in [-0.3, -0.25) is 9.59 Å². The highest BCUT2D eigenvalue weighted by atomic mass is 16.4. The Morgan fingerprint density at radius 1 is 1.00 bits per heavy atom. The molecule has 6 rings (SSSR count). The molecule has 0 bridgehead atoms. The van der Waals surface area contributed by atoms with Gasteiger partial charge in [0.25, 0.3) is 5.91 Å². The van der Waals surface area contributed by atoms with Crippen molar-refractivity contribution in [1.29, 1.82) is 0 Å². The molecule has 0 radical (unpaired) electrons. The zero-order valence-corrected chi connectivity index (χ0v) is 24.4. The number of benzene rings is 2. The van der Waals surface area contributed by atoms with Crippen LogP contribution < -0.4 is 10.6 Å². The van der Waals surface area contributed by atoms with E-state index >= 15 is 0 Å². The highest BCUT2D eigenvalue weighted by molar-refractivity contribution is 6.06. The molecule has 4 aromatic rings. The van der Waals surface area contributed by atoms with Crippen LogP contribution in [0.1, 0.15) is 79.3 Å². The number of aliphatic carboxylic acids is 1. The zero-order chi connectivity index (χ0) is 30.1. The lowest BCUT2D eigenvalue weighted by Gasteiger charge is -2.40. The van der Waals surface area contributed by atoms with E-state index in [-0.39, 0.29) is 17.4 Å². The predicted molar refractivity (Wildman–Crippen MR) is 166 cm³/mol. The highest BCUT2D eigenvalue weighted by Gasteiger charge is 2.45. The van der Waals surface area contributed by atoms with Crippen LogP contribution in [0.25, 0.3) is 28.5 Å². The molecule has 2 aromatic heterocycles. The molecule has 0 saturated heterocycles. The first-order valence-electron chi connectivity index (χ1n) is 14.8. The molecule has 0 unspecified atom stereocenters. The molecule has 3 N–H and O–H groups in total. The largest absolute Gasteiger partial charge is 0.478 e. The quantitative estimate of drug-likeness (QED) is 0.218. The van der Waals surface area contributed by atoms with Crippen LogP contribution in [-0.4, -0.2) is 43.0 Å². The van der Waals surface area contributed by atoms with Crippen molar-refractivity contribution in [2.45, 2.75) is 63.3 Å². The Morgan fingerprint density at radius 3 is 2.33 bits per heavy atom. The fourth-order valence-corrected chi connectivity index (χ4v) is 6.38. The third kappa shape index (κ3) is 5.43. The van der Waals surface area contributed by atoms with E-state index in [9.17, 15) is 14.4 Å². The number of hydrogen-bond acceptors (Lipinski definition) is 5. The first-order chi connectivity index (χ1) is 20.8. The number of fused-ring (bicyclic) bond motifs is 1. The molecule has 2 aromatic carbocycles. The molecule has 2 aliphatic rings. The van der Waals surface area contributed by atoms with E-state index in [1.807, 2.05) is 31.3 Å². The van der Waals surface area contributed by atoms with Crippen LogP contribution in [0.15, 0.2) is 66.5 Å². The lowest BCUT2D eigenvalue weighted by molar-refractivity contribution is -0.132. The number of aryl methyl sites for hydroxylation is 1. The minimum absolute atomic E-state index is 0.223. The molecule has 0 atom stereocenters. The summed E-state index contributed by atoms with van der Waals surface area (Å²) in [5.74, 6) is -0.423. The SMILES string of the molecule is C/C(=C\c1ccc(NC(=O)C2(NC(=O)c3ccc4c(C5CCCC5)c(-c5ncccn5)n(C)c4c3)CCC2)cc1)C(=O)O. The molecule has 2 saturated carbocycles. The molecule has 0 aliphatic heterocycles. The van der Waals surface area contributed by atoms with Gasteiger partial charge in [0, 0.05) is 47.2 Å². The normalized spacial score (nSPS) is 16.6. The Kier molecular flexibility index (Phi) is 7.56. The van der Waals surface area contributed by atoms with Gasteiger partial charge in [0.05, 0.1) is 5.69 Å². The van der Waals surface area contributed by atoms with Crippen molar-refractivity contribution in [2.75, 3.05) is 5.32 Å². The lowest BCUT2D eigenvalue weighted by atomic mass is 9.75. The number of nitrogens with one attached hydrogen (secondary N) is 2. The maximum atomic E-state index is 13.6. The standard InChI is InChI=1S/C34H35N5O4/c1-21(32(41)42)19-22-9-12-25(13-10-22)37-33(43)34(15-5-16-34)38-31(40)24-11-14-26-27(20-24)39(2)29(30-35-17-6-18-36-30)28(26)23-7-3-4-8-23/h6,9-14,17-20,23H,3-5,7-8,15-16H2,1-2H3,(H,37,43)(H,38,40)(H,41,42)/b21-19+. The van der Waals surface area contributed by atoms with Gasteiger partial charge in [-0.15, -0.1) is 0 Å². The van der Waals surface area contributed by atoms with Gasteiger partial charge in [-0.2, -0.15) is 0 Å². The van der Waals surface area contributed by atoms with E-state index in [0.717, 1.165) is 41.4 Å². The summed E-state index contributed by atoms with van der Waals surface area (Å²) in [7, 11) is 2.00. The Hall–Kier alpha value is -4.79. The van der Waals surface area contributed by atoms with Crippen LogP contribution in [0.4, 0.5) is 5.69 Å². The Balaban J connectivity index is 1.24. The molecule has 2 amide bonds. The minimum Gasteiger partial charge on any atom is -0.478 e. The number of anilines is 1. The van der Waals surface area contributed by atoms with Gasteiger partial charge in [0.1, 0.15) is 5.54 Å². The number of hydrogen-bond donors (Lipinski definition) is 3. The number of carbonyl (C=O) groups is 3. The molecule has 9 heteroatoms. The second kappa shape index (κ2) is 11.5. The van der Waals surface area contributed by atoms with Crippen molar-refractivity contribution >= 4 is 40.4 Å². The summed E-state index contributed by atoms with van der Waals surface area (Å²) < 4.78 is 2.09. The molecule has 43 heavy (non-hydrogen) atoms. The van der Waals surface area contributed by atoms with Crippen LogP contribution >= 0.6 is 0 Å². The number of carboxylic acids is 1. The molecule has 0 spiro atoms. The van der Waals surface area contributed by atoms with E-state index in [2.05, 4.69) is 25.2 Å². The molecular weight excluding hydrogens is 542 g/mol. The second-order valence-corrected chi connectivity index (χ2v) is 11.7. The first-order valence-corrected chi connectivity index (χ1v) is 14.8. The van der Waals surface area contributed by atoms with Crippen LogP contribution in [0.2, 0.25) is 0 Å². The van der Waals surface area contributed by atoms with Crippen LogP contribution in [0.5, 0.6) is 0 Å². The van der Waals surface area contributed by atoms with Crippen molar-refractivity contribution in [3.05, 3.63) is 83.2 Å². The molecule has 9 nitrogen and oxygen atoms in total. The van der Waals surface area contributed by atoms with E-state index in [4.69, 9.17) is 5.11 Å². The maximum absolute atomic E-state index is 13.6. The molecule has 2 heterocycles. The van der Waals surface area contributed by atoms with Crippen molar-refractivity contribution in [3.63, 3.8) is 0 Å². The molecule has 2 aliphatic carbocycles. The van der Waals surface area contributed by atoms with Crippen molar-refractivity contribution in [1.82, 2.24) is 19.9 Å². The van der Waals surface area contributed by atoms with Gasteiger partial charge in [0.15, 0.2) is 5.82 Å². The first kappa shape index (κ1) is 28.3. The highest BCUT2D eigenvalue weighted by Crippen LogP contribution is 2.44. The molecule has 2 fully saturated rings. The fourth-order valence-electron chi connectivity index (χ4n) is 6.38. The summed E-state index contributed by atoms with van der Waals surface area (Å²) in [4.78, 5) is 47.2. The van der Waals surface area contributed by atoms with Gasteiger partial charge >= 0.3 is 5.97 Å². The average molecular weight is 578 g/mol. The number of aromatic nitrogens is 3. The van der Waals surface area contributed by atoms with Gasteiger partial charge in [-0.05, 0) is 92.5 Å². The number of carboxylic acid groups (broad SMARTS) is 1. The topological polar surface area (TPSA) is 126 Å². The molecule has 220 valence electrons. The fraction of sp³-hybridized carbons (Fsp3) is 0.324. The Bertz CT molecular complexity index is 1730. The summed E-state index contributed by atoms with van der Waals surface area (Å²) in [5, 5.41) is 16.2. The second-order valence-electron chi connectivity index (χ2n) is 11.7. The summed E-state index contributed by atoms with van der Waals surface area (Å²) in [6, 6.07) is 14.5. The van der Waals surface area contributed by atoms with Crippen LogP contribution in [0, 0.1) is 0 Å². The number of nitrogens with zero attached hydrogens (tertiary/aromatic N) is 3. The van der Waals surface area contributed by atoms with Crippen LogP contribution in [-0.2, 0) is 16.6 Å². The predicted octanol–water partition coefficient (Wildman–Crippen LogP) is 6.07. The summed E-state index contributed by atoms with van der Waals surface area (Å²) in [6.07, 6.45) is 11.7. The number of rotatable bonds is 8. The average Bonchev–Trinajstić information content (AvgIpc) is 3.62. The van der Waals surface area contributed by atoms with Crippen molar-refractivity contribution in [2.24, 2.45) is 7.05 Å². The van der Waals surface area contributed by atoms with Crippen molar-refractivity contribution in [3.8, 4) is 11.5 Å². The monoisotopic (exact) mass is 577 g/mol. The minimum atomic E-state index is -0.989.